The molecule has 0 unspecified atom stereocenters. The van der Waals surface area contributed by atoms with E-state index in [1.165, 1.54) is 6.07 Å². The molecule has 0 radical (unpaired) electrons. The number of para-hydroxylation sites is 1. The van der Waals surface area contributed by atoms with Crippen LogP contribution in [0.3, 0.4) is 0 Å². The second-order valence-corrected chi connectivity index (χ2v) is 5.44. The number of carbonyl (C=O) groups is 3. The van der Waals surface area contributed by atoms with Gasteiger partial charge in [-0.15, -0.1) is 0 Å². The highest BCUT2D eigenvalue weighted by molar-refractivity contribution is 6.01. The molecule has 0 saturated heterocycles. The first-order chi connectivity index (χ1) is 13.5. The summed E-state index contributed by atoms with van der Waals surface area (Å²) in [4.78, 5) is 35.6. The number of hydrogen-bond acceptors (Lipinski definition) is 7. The Bertz CT molecular complexity index is 818. The van der Waals surface area contributed by atoms with E-state index in [1.54, 1.807) is 56.5 Å². The van der Waals surface area contributed by atoms with E-state index in [-0.39, 0.29) is 24.5 Å². The van der Waals surface area contributed by atoms with Crippen LogP contribution in [0.25, 0.3) is 0 Å². The Morgan fingerprint density at radius 2 is 1.57 bits per heavy atom. The fourth-order valence-electron chi connectivity index (χ4n) is 2.17. The van der Waals surface area contributed by atoms with Crippen molar-refractivity contribution in [3.05, 3.63) is 54.1 Å². The molecular formula is C20H21NO7. The summed E-state index contributed by atoms with van der Waals surface area (Å²) in [6.07, 6.45) is 0. The number of anilines is 1. The van der Waals surface area contributed by atoms with Gasteiger partial charge >= 0.3 is 11.9 Å². The number of amides is 1. The molecule has 1 N–H and O–H groups in total. The van der Waals surface area contributed by atoms with Crippen LogP contribution in [0.5, 0.6) is 11.5 Å². The average molecular weight is 387 g/mol. The van der Waals surface area contributed by atoms with Crippen molar-refractivity contribution < 1.29 is 33.3 Å². The molecule has 28 heavy (non-hydrogen) atoms. The smallest absolute Gasteiger partial charge is 0.344 e. The zero-order valence-corrected chi connectivity index (χ0v) is 15.6. The molecule has 2 rings (SSSR count). The van der Waals surface area contributed by atoms with Crippen molar-refractivity contribution in [3.8, 4) is 11.5 Å². The van der Waals surface area contributed by atoms with E-state index in [0.29, 0.717) is 11.5 Å². The number of methoxy groups -OCH3 is 1. The van der Waals surface area contributed by atoms with Crippen molar-refractivity contribution in [1.29, 1.82) is 0 Å². The van der Waals surface area contributed by atoms with E-state index in [4.69, 9.17) is 18.9 Å². The first-order valence-electron chi connectivity index (χ1n) is 8.52. The zero-order chi connectivity index (χ0) is 20.4. The number of nitrogens with one attached hydrogen (secondary N) is 1. The summed E-state index contributed by atoms with van der Waals surface area (Å²) in [5.74, 6) is -0.720. The summed E-state index contributed by atoms with van der Waals surface area (Å²) in [5.41, 5.74) is 0.489. The average Bonchev–Trinajstić information content (AvgIpc) is 2.71. The minimum Gasteiger partial charge on any atom is -0.497 e. The Balaban J connectivity index is 1.80. The third-order valence-corrected chi connectivity index (χ3v) is 3.48. The summed E-state index contributed by atoms with van der Waals surface area (Å²) in [5, 5.41) is 2.52. The summed E-state index contributed by atoms with van der Waals surface area (Å²) >= 11 is 0. The Morgan fingerprint density at radius 1 is 0.893 bits per heavy atom. The predicted molar refractivity (Wildman–Crippen MR) is 100 cm³/mol. The number of rotatable bonds is 9. The molecule has 1 amide bonds. The Morgan fingerprint density at radius 3 is 2.25 bits per heavy atom. The lowest BCUT2D eigenvalue weighted by Crippen LogP contribution is -2.24. The number of hydrogen-bond donors (Lipinski definition) is 1. The van der Waals surface area contributed by atoms with E-state index in [1.807, 2.05) is 0 Å². The van der Waals surface area contributed by atoms with Crippen molar-refractivity contribution in [3.63, 3.8) is 0 Å². The van der Waals surface area contributed by atoms with Gasteiger partial charge in [-0.3, -0.25) is 4.79 Å². The minimum absolute atomic E-state index is 0.215. The summed E-state index contributed by atoms with van der Waals surface area (Å²) in [6.45, 7) is 1.04. The quantitative estimate of drug-likeness (QED) is 0.660. The van der Waals surface area contributed by atoms with Gasteiger partial charge in [0.1, 0.15) is 11.5 Å². The number of esters is 2. The molecule has 0 fully saturated rings. The Kier molecular flexibility index (Phi) is 7.83. The lowest BCUT2D eigenvalue weighted by atomic mass is 10.2. The van der Waals surface area contributed by atoms with Gasteiger partial charge in [0.15, 0.2) is 13.2 Å². The van der Waals surface area contributed by atoms with Crippen LogP contribution in [-0.4, -0.2) is 44.8 Å². The van der Waals surface area contributed by atoms with Crippen molar-refractivity contribution in [2.24, 2.45) is 0 Å². The van der Waals surface area contributed by atoms with Crippen molar-refractivity contribution in [2.75, 3.05) is 32.2 Å². The topological polar surface area (TPSA) is 100 Å². The van der Waals surface area contributed by atoms with Gasteiger partial charge in [-0.1, -0.05) is 12.1 Å². The van der Waals surface area contributed by atoms with E-state index in [9.17, 15) is 14.4 Å². The van der Waals surface area contributed by atoms with Crippen molar-refractivity contribution in [1.82, 2.24) is 0 Å². The molecule has 148 valence electrons. The molecule has 0 saturated carbocycles. The van der Waals surface area contributed by atoms with Gasteiger partial charge in [-0.25, -0.2) is 9.59 Å². The van der Waals surface area contributed by atoms with E-state index in [2.05, 4.69) is 5.32 Å². The van der Waals surface area contributed by atoms with Crippen LogP contribution in [0.2, 0.25) is 0 Å². The molecule has 0 atom stereocenters. The van der Waals surface area contributed by atoms with Crippen molar-refractivity contribution in [2.45, 2.75) is 6.92 Å². The van der Waals surface area contributed by atoms with Gasteiger partial charge in [0.05, 0.1) is 25.0 Å². The maximum atomic E-state index is 12.0. The van der Waals surface area contributed by atoms with Gasteiger partial charge in [-0.05, 0) is 43.3 Å². The molecule has 0 aliphatic rings. The maximum absolute atomic E-state index is 12.0. The van der Waals surface area contributed by atoms with Gasteiger partial charge in [0.25, 0.3) is 5.91 Å². The second-order valence-electron chi connectivity index (χ2n) is 5.44. The van der Waals surface area contributed by atoms with Crippen LogP contribution in [0, 0.1) is 0 Å². The lowest BCUT2D eigenvalue weighted by molar-refractivity contribution is -0.149. The van der Waals surface area contributed by atoms with E-state index < -0.39 is 24.5 Å². The maximum Gasteiger partial charge on any atom is 0.344 e. The number of benzene rings is 2. The van der Waals surface area contributed by atoms with Crippen LogP contribution < -0.4 is 14.8 Å². The van der Waals surface area contributed by atoms with Crippen molar-refractivity contribution >= 4 is 23.5 Å². The van der Waals surface area contributed by atoms with Crippen LogP contribution in [-0.2, 0) is 19.1 Å². The molecule has 0 aromatic heterocycles. The molecule has 2 aromatic rings. The molecule has 8 heteroatoms. The molecule has 0 aliphatic heterocycles. The van der Waals surface area contributed by atoms with Crippen LogP contribution >= 0.6 is 0 Å². The second kappa shape index (κ2) is 10.6. The lowest BCUT2D eigenvalue weighted by Gasteiger charge is -2.11. The highest BCUT2D eigenvalue weighted by Gasteiger charge is 2.15. The SMILES string of the molecule is CCOC(=O)c1ccccc1NC(=O)COC(=O)COc1ccc(OC)cc1. The molecular weight excluding hydrogens is 366 g/mol. The molecule has 0 heterocycles. The summed E-state index contributed by atoms with van der Waals surface area (Å²) in [7, 11) is 1.55. The fourth-order valence-corrected chi connectivity index (χ4v) is 2.17. The molecule has 2 aromatic carbocycles. The Hall–Kier alpha value is -3.55. The van der Waals surface area contributed by atoms with Gasteiger partial charge in [-0.2, -0.15) is 0 Å². The molecule has 8 nitrogen and oxygen atoms in total. The zero-order valence-electron chi connectivity index (χ0n) is 15.6. The predicted octanol–water partition coefficient (Wildman–Crippen LogP) is 2.43. The number of ether oxygens (including phenoxy) is 4. The Labute approximate surface area is 162 Å². The largest absolute Gasteiger partial charge is 0.497 e. The summed E-state index contributed by atoms with van der Waals surface area (Å²) in [6, 6.07) is 13.1. The summed E-state index contributed by atoms with van der Waals surface area (Å²) < 4.78 is 20.1. The molecule has 0 bridgehead atoms. The number of carbonyl (C=O) groups excluding carboxylic acids is 3. The minimum atomic E-state index is -0.704. The third kappa shape index (κ3) is 6.31. The van der Waals surface area contributed by atoms with Crippen LogP contribution in [0.1, 0.15) is 17.3 Å². The van der Waals surface area contributed by atoms with Crippen LogP contribution in [0.15, 0.2) is 48.5 Å². The highest BCUT2D eigenvalue weighted by atomic mass is 16.6. The highest BCUT2D eigenvalue weighted by Crippen LogP contribution is 2.17. The van der Waals surface area contributed by atoms with Gasteiger partial charge in [0.2, 0.25) is 0 Å². The monoisotopic (exact) mass is 387 g/mol. The van der Waals surface area contributed by atoms with E-state index >= 15 is 0 Å². The normalized spacial score (nSPS) is 9.93. The molecule has 0 spiro atoms. The van der Waals surface area contributed by atoms with Gasteiger partial charge in [0, 0.05) is 0 Å². The van der Waals surface area contributed by atoms with Gasteiger partial charge < -0.3 is 24.3 Å². The fraction of sp³-hybridized carbons (Fsp3) is 0.250. The first-order valence-corrected chi connectivity index (χ1v) is 8.52. The van der Waals surface area contributed by atoms with E-state index in [0.717, 1.165) is 0 Å². The van der Waals surface area contributed by atoms with Crippen LogP contribution in [0.4, 0.5) is 5.69 Å². The first kappa shape index (κ1) is 20.8. The molecule has 0 aliphatic carbocycles. The third-order valence-electron chi connectivity index (χ3n) is 3.48. The standard InChI is InChI=1S/C20H21NO7/c1-3-26-20(24)16-6-4-5-7-17(16)21-18(22)12-28-19(23)13-27-15-10-8-14(25-2)9-11-15/h4-11H,3,12-13H2,1-2H3,(H,21,22).